The van der Waals surface area contributed by atoms with E-state index < -0.39 is 0 Å². The van der Waals surface area contributed by atoms with Gasteiger partial charge in [-0.2, -0.15) is 0 Å². The zero-order valence-corrected chi connectivity index (χ0v) is 19.3. The van der Waals surface area contributed by atoms with Gasteiger partial charge in [0.1, 0.15) is 11.6 Å². The van der Waals surface area contributed by atoms with Crippen molar-refractivity contribution in [3.63, 3.8) is 0 Å². The van der Waals surface area contributed by atoms with Crippen LogP contribution in [0.15, 0.2) is 42.6 Å². The second-order valence-corrected chi connectivity index (χ2v) is 9.37. The van der Waals surface area contributed by atoms with Gasteiger partial charge in [-0.1, -0.05) is 32.9 Å². The fraction of sp³-hybridized carbons (Fsp3) is 0.480. The van der Waals surface area contributed by atoms with E-state index in [0.29, 0.717) is 31.7 Å². The summed E-state index contributed by atoms with van der Waals surface area (Å²) in [5, 5.41) is 2.87. The predicted octanol–water partition coefficient (Wildman–Crippen LogP) is 3.88. The predicted molar refractivity (Wildman–Crippen MR) is 127 cm³/mol. The molecule has 1 aliphatic rings. The number of piperidine rings is 1. The molecular weight excluding hydrogens is 404 g/mol. The number of hydrogen-bond donors (Lipinski definition) is 2. The van der Waals surface area contributed by atoms with Crippen LogP contribution in [0.2, 0.25) is 0 Å². The molecule has 1 aromatic carbocycles. The molecule has 0 radical (unpaired) electrons. The van der Waals surface area contributed by atoms with E-state index in [4.69, 9.17) is 10.5 Å². The number of aromatic nitrogens is 1. The third kappa shape index (κ3) is 6.70. The average molecular weight is 439 g/mol. The lowest BCUT2D eigenvalue weighted by Gasteiger charge is -2.32. The normalized spacial score (nSPS) is 16.5. The van der Waals surface area contributed by atoms with Crippen LogP contribution in [0.3, 0.4) is 0 Å². The Kier molecular flexibility index (Phi) is 7.72. The van der Waals surface area contributed by atoms with Crippen LogP contribution in [0, 0.1) is 5.92 Å². The molecule has 1 atom stereocenters. The first kappa shape index (κ1) is 23.6. The first-order chi connectivity index (χ1) is 15.2. The molecule has 172 valence electrons. The molecular formula is C25H34N4O3. The van der Waals surface area contributed by atoms with Crippen molar-refractivity contribution in [1.82, 2.24) is 4.98 Å². The Hall–Kier alpha value is -3.09. The third-order valence-corrected chi connectivity index (χ3v) is 5.72. The minimum absolute atomic E-state index is 0.0713. The van der Waals surface area contributed by atoms with Crippen LogP contribution in [0.25, 0.3) is 0 Å². The maximum atomic E-state index is 12.2. The van der Waals surface area contributed by atoms with Gasteiger partial charge >= 0.3 is 0 Å². The topological polar surface area (TPSA) is 97.5 Å². The summed E-state index contributed by atoms with van der Waals surface area (Å²) in [4.78, 5) is 30.2. The monoisotopic (exact) mass is 438 g/mol. The number of primary amides is 1. The van der Waals surface area contributed by atoms with Gasteiger partial charge in [0, 0.05) is 19.5 Å². The number of benzene rings is 1. The van der Waals surface area contributed by atoms with Crippen LogP contribution in [0.4, 0.5) is 11.5 Å². The van der Waals surface area contributed by atoms with E-state index in [1.165, 1.54) is 5.56 Å². The zero-order valence-electron chi connectivity index (χ0n) is 19.3. The number of nitrogens with zero attached hydrogens (tertiary/aromatic N) is 2. The van der Waals surface area contributed by atoms with Crippen LogP contribution in [-0.2, 0) is 15.0 Å². The van der Waals surface area contributed by atoms with E-state index >= 15 is 0 Å². The zero-order chi connectivity index (χ0) is 23.1. The Labute approximate surface area is 190 Å². The molecule has 1 unspecified atom stereocenters. The third-order valence-electron chi connectivity index (χ3n) is 5.72. The number of ether oxygens (including phenoxy) is 1. The lowest BCUT2D eigenvalue weighted by Crippen LogP contribution is -2.41. The van der Waals surface area contributed by atoms with E-state index in [0.717, 1.165) is 31.0 Å². The fourth-order valence-corrected chi connectivity index (χ4v) is 3.76. The molecule has 7 nitrogen and oxygen atoms in total. The Balaban J connectivity index is 1.40. The van der Waals surface area contributed by atoms with E-state index in [2.05, 4.69) is 48.1 Å². The Morgan fingerprint density at radius 2 is 1.94 bits per heavy atom. The summed E-state index contributed by atoms with van der Waals surface area (Å²) in [6.07, 6.45) is 4.38. The summed E-state index contributed by atoms with van der Waals surface area (Å²) in [5.74, 6) is 1.14. The average Bonchev–Trinajstić information content (AvgIpc) is 2.77. The molecule has 0 spiro atoms. The van der Waals surface area contributed by atoms with E-state index in [1.54, 1.807) is 6.20 Å². The van der Waals surface area contributed by atoms with Crippen molar-refractivity contribution in [2.24, 2.45) is 11.7 Å². The molecule has 0 aliphatic carbocycles. The molecule has 0 saturated carbocycles. The van der Waals surface area contributed by atoms with Crippen molar-refractivity contribution >= 4 is 23.3 Å². The summed E-state index contributed by atoms with van der Waals surface area (Å²) in [6, 6.07) is 11.8. The van der Waals surface area contributed by atoms with Crippen molar-refractivity contribution in [3.05, 3.63) is 48.2 Å². The van der Waals surface area contributed by atoms with Crippen LogP contribution >= 0.6 is 0 Å². The molecule has 1 fully saturated rings. The van der Waals surface area contributed by atoms with Gasteiger partial charge in [0.15, 0.2) is 0 Å². The number of carbonyl (C=O) groups is 2. The van der Waals surface area contributed by atoms with Crippen LogP contribution in [0.5, 0.6) is 5.75 Å². The summed E-state index contributed by atoms with van der Waals surface area (Å²) in [6.45, 7) is 8.45. The summed E-state index contributed by atoms with van der Waals surface area (Å²) in [5.41, 5.74) is 7.48. The van der Waals surface area contributed by atoms with Gasteiger partial charge in [-0.05, 0) is 54.5 Å². The number of pyridine rings is 1. The molecule has 0 bridgehead atoms. The van der Waals surface area contributed by atoms with E-state index in [-0.39, 0.29) is 23.1 Å². The number of nitrogens with one attached hydrogen (secondary N) is 1. The number of carbonyl (C=O) groups excluding carboxylic acids is 2. The van der Waals surface area contributed by atoms with Crippen molar-refractivity contribution < 1.29 is 14.3 Å². The second-order valence-electron chi connectivity index (χ2n) is 9.37. The lowest BCUT2D eigenvalue weighted by molar-refractivity contribution is -0.122. The Bertz CT molecular complexity index is 904. The SMILES string of the molecule is CC(C)(C)c1ccc(OCCCC(=O)Nc2ccc(N3CCCC(C(N)=O)C3)nc2)cc1. The summed E-state index contributed by atoms with van der Waals surface area (Å²) < 4.78 is 5.75. The highest BCUT2D eigenvalue weighted by atomic mass is 16.5. The largest absolute Gasteiger partial charge is 0.494 e. The highest BCUT2D eigenvalue weighted by Gasteiger charge is 2.24. The highest BCUT2D eigenvalue weighted by Crippen LogP contribution is 2.25. The number of amides is 2. The summed E-state index contributed by atoms with van der Waals surface area (Å²) in [7, 11) is 0. The Morgan fingerprint density at radius 3 is 2.56 bits per heavy atom. The molecule has 3 rings (SSSR count). The molecule has 2 aromatic rings. The standard InChI is InChI=1S/C25H34N4O3/c1-25(2,3)19-8-11-21(12-9-19)32-15-5-7-23(30)28-20-10-13-22(27-16-20)29-14-4-6-18(17-29)24(26)31/h8-13,16,18H,4-7,14-15,17H2,1-3H3,(H2,26,31)(H,28,30). The number of nitrogens with two attached hydrogens (primary N) is 1. The molecule has 2 heterocycles. The minimum atomic E-state index is -0.260. The van der Waals surface area contributed by atoms with Crippen molar-refractivity contribution in [2.75, 3.05) is 29.9 Å². The van der Waals surface area contributed by atoms with Gasteiger partial charge in [-0.25, -0.2) is 4.98 Å². The van der Waals surface area contributed by atoms with E-state index in [9.17, 15) is 9.59 Å². The molecule has 7 heteroatoms. The van der Waals surface area contributed by atoms with Crippen molar-refractivity contribution in [2.45, 2.75) is 51.9 Å². The van der Waals surface area contributed by atoms with Gasteiger partial charge in [0.25, 0.3) is 0 Å². The molecule has 3 N–H and O–H groups in total. The Morgan fingerprint density at radius 1 is 1.19 bits per heavy atom. The number of hydrogen-bond acceptors (Lipinski definition) is 5. The minimum Gasteiger partial charge on any atom is -0.494 e. The van der Waals surface area contributed by atoms with Crippen molar-refractivity contribution in [1.29, 1.82) is 0 Å². The highest BCUT2D eigenvalue weighted by molar-refractivity contribution is 5.90. The molecule has 1 aromatic heterocycles. The number of rotatable bonds is 8. The quantitative estimate of drug-likeness (QED) is 0.610. The van der Waals surface area contributed by atoms with E-state index in [1.807, 2.05) is 24.3 Å². The van der Waals surface area contributed by atoms with Crippen LogP contribution in [-0.4, -0.2) is 36.5 Å². The van der Waals surface area contributed by atoms with Gasteiger partial charge in [-0.15, -0.1) is 0 Å². The molecule has 1 saturated heterocycles. The van der Waals surface area contributed by atoms with Gasteiger partial charge in [0.05, 0.1) is 24.4 Å². The first-order valence-electron chi connectivity index (χ1n) is 11.3. The van der Waals surface area contributed by atoms with Gasteiger partial charge in [0.2, 0.25) is 11.8 Å². The molecule has 32 heavy (non-hydrogen) atoms. The van der Waals surface area contributed by atoms with Gasteiger partial charge < -0.3 is 20.7 Å². The summed E-state index contributed by atoms with van der Waals surface area (Å²) >= 11 is 0. The first-order valence-corrected chi connectivity index (χ1v) is 11.3. The van der Waals surface area contributed by atoms with Crippen LogP contribution in [0.1, 0.15) is 52.0 Å². The van der Waals surface area contributed by atoms with Crippen LogP contribution < -0.4 is 20.7 Å². The molecule has 2 amide bonds. The molecule has 1 aliphatic heterocycles. The number of anilines is 2. The lowest BCUT2D eigenvalue weighted by atomic mass is 9.87. The maximum Gasteiger partial charge on any atom is 0.224 e. The van der Waals surface area contributed by atoms with Gasteiger partial charge in [-0.3, -0.25) is 9.59 Å². The fourth-order valence-electron chi connectivity index (χ4n) is 3.76. The second kappa shape index (κ2) is 10.5. The maximum absolute atomic E-state index is 12.2. The smallest absolute Gasteiger partial charge is 0.224 e. The van der Waals surface area contributed by atoms with Crippen molar-refractivity contribution in [3.8, 4) is 5.75 Å².